The second kappa shape index (κ2) is 8.14. The highest BCUT2D eigenvalue weighted by molar-refractivity contribution is 5.34. The van der Waals surface area contributed by atoms with Gasteiger partial charge in [0.1, 0.15) is 6.54 Å². The van der Waals surface area contributed by atoms with Gasteiger partial charge in [0.05, 0.1) is 23.3 Å². The van der Waals surface area contributed by atoms with Gasteiger partial charge in [0.15, 0.2) is 0 Å². The number of rotatable bonds is 6. The quantitative estimate of drug-likeness (QED) is 0.747. The van der Waals surface area contributed by atoms with Crippen LogP contribution in [0.4, 0.5) is 8.78 Å². The Morgan fingerprint density at radius 1 is 1.20 bits per heavy atom. The van der Waals surface area contributed by atoms with Gasteiger partial charge in [-0.25, -0.2) is 8.78 Å². The second-order valence-corrected chi connectivity index (χ2v) is 10.5. The number of aromatic nitrogens is 2. The van der Waals surface area contributed by atoms with Gasteiger partial charge in [-0.05, 0) is 78.8 Å². The van der Waals surface area contributed by atoms with Crippen LogP contribution in [0.2, 0.25) is 0 Å². The van der Waals surface area contributed by atoms with Gasteiger partial charge in [0.25, 0.3) is 5.92 Å². The number of likely N-dealkylation sites (N-methyl/N-ethyl adjacent to an activating group) is 2. The van der Waals surface area contributed by atoms with Crippen LogP contribution in [0.3, 0.4) is 0 Å². The van der Waals surface area contributed by atoms with Crippen molar-refractivity contribution in [1.82, 2.24) is 20.0 Å². The minimum atomic E-state index is -2.67. The van der Waals surface area contributed by atoms with Crippen molar-refractivity contribution in [2.45, 2.75) is 101 Å². The van der Waals surface area contributed by atoms with Crippen molar-refractivity contribution in [3.63, 3.8) is 0 Å². The zero-order valence-electron chi connectivity index (χ0n) is 19.1. The van der Waals surface area contributed by atoms with Crippen molar-refractivity contribution in [2.75, 3.05) is 27.2 Å². The van der Waals surface area contributed by atoms with E-state index in [1.54, 1.807) is 4.68 Å². The monoisotopic (exact) mass is 424 g/mol. The topological polar surface area (TPSA) is 42.3 Å². The number of halogens is 2. The summed E-state index contributed by atoms with van der Waals surface area (Å²) in [6.07, 6.45) is 7.37. The first-order valence-corrected chi connectivity index (χ1v) is 11.6. The molecule has 7 heteroatoms. The summed E-state index contributed by atoms with van der Waals surface area (Å²) >= 11 is 0. The third-order valence-corrected chi connectivity index (χ3v) is 7.35. The number of alkyl halides is 2. The molecule has 1 saturated carbocycles. The van der Waals surface area contributed by atoms with Crippen molar-refractivity contribution in [3.05, 3.63) is 17.0 Å². The van der Waals surface area contributed by atoms with E-state index < -0.39 is 5.92 Å². The fourth-order valence-electron chi connectivity index (χ4n) is 5.94. The summed E-state index contributed by atoms with van der Waals surface area (Å²) in [6.45, 7) is 6.65. The zero-order chi connectivity index (χ0) is 21.6. The van der Waals surface area contributed by atoms with Gasteiger partial charge >= 0.3 is 0 Å². The molecule has 0 atom stereocenters. The van der Waals surface area contributed by atoms with E-state index in [-0.39, 0.29) is 24.2 Å². The van der Waals surface area contributed by atoms with Gasteiger partial charge in [-0.2, -0.15) is 5.10 Å². The molecule has 4 rings (SSSR count). The lowest BCUT2D eigenvalue weighted by atomic mass is 9.71. The first kappa shape index (κ1) is 22.2. The van der Waals surface area contributed by atoms with Crippen LogP contribution in [0.25, 0.3) is 0 Å². The molecule has 1 aromatic heterocycles. The highest BCUT2D eigenvalue weighted by Gasteiger charge is 2.46. The van der Waals surface area contributed by atoms with Crippen LogP contribution >= 0.6 is 0 Å². The van der Waals surface area contributed by atoms with Gasteiger partial charge in [0.2, 0.25) is 0 Å². The van der Waals surface area contributed by atoms with E-state index in [4.69, 9.17) is 4.74 Å². The minimum Gasteiger partial charge on any atom is -0.369 e. The summed E-state index contributed by atoms with van der Waals surface area (Å²) in [7, 11) is 4.02. The Morgan fingerprint density at radius 3 is 2.60 bits per heavy atom. The van der Waals surface area contributed by atoms with Crippen molar-refractivity contribution in [2.24, 2.45) is 0 Å². The van der Waals surface area contributed by atoms with Crippen molar-refractivity contribution >= 4 is 0 Å². The molecule has 30 heavy (non-hydrogen) atoms. The summed E-state index contributed by atoms with van der Waals surface area (Å²) in [5.74, 6) is -2.35. The average Bonchev–Trinajstić information content (AvgIpc) is 3.11. The molecule has 1 aromatic rings. The predicted octanol–water partition coefficient (Wildman–Crippen LogP) is 4.10. The van der Waals surface area contributed by atoms with E-state index >= 15 is 0 Å². The molecule has 3 heterocycles. The van der Waals surface area contributed by atoms with Gasteiger partial charge < -0.3 is 10.1 Å². The molecule has 0 aromatic carbocycles. The standard InChI is InChI=1S/C23H38F2N4O/c1-21(2)8-5-9-22(30-21)10-6-17(7-11-22)20-18(15-28(4)13-12-26-3)27-29-16-23(24,25)14-19(20)29/h17,26H,5-16H2,1-4H3/t17-,22+. The molecular formula is C23H38F2N4O. The van der Waals surface area contributed by atoms with E-state index in [1.807, 2.05) is 7.05 Å². The maximum absolute atomic E-state index is 14.1. The molecule has 2 aliphatic heterocycles. The average molecular weight is 425 g/mol. The van der Waals surface area contributed by atoms with Crippen LogP contribution in [0.5, 0.6) is 0 Å². The zero-order valence-corrected chi connectivity index (χ0v) is 19.1. The van der Waals surface area contributed by atoms with Crippen LogP contribution in [0.1, 0.15) is 81.7 Å². The third-order valence-electron chi connectivity index (χ3n) is 7.35. The van der Waals surface area contributed by atoms with E-state index in [0.717, 1.165) is 68.6 Å². The van der Waals surface area contributed by atoms with Crippen LogP contribution in [0.15, 0.2) is 0 Å². The van der Waals surface area contributed by atoms with Gasteiger partial charge in [0, 0.05) is 30.9 Å². The number of hydrogen-bond donors (Lipinski definition) is 1. The molecule has 2 fully saturated rings. The summed E-state index contributed by atoms with van der Waals surface area (Å²) in [4.78, 5) is 2.23. The van der Waals surface area contributed by atoms with Crippen LogP contribution in [-0.4, -0.2) is 59.0 Å². The molecule has 1 spiro atoms. The Labute approximate surface area is 179 Å². The maximum Gasteiger partial charge on any atom is 0.272 e. The molecule has 0 bridgehead atoms. The number of nitrogens with one attached hydrogen (secondary N) is 1. The lowest BCUT2D eigenvalue weighted by molar-refractivity contribution is -0.188. The molecule has 1 N–H and O–H groups in total. The van der Waals surface area contributed by atoms with Crippen LogP contribution in [0, 0.1) is 0 Å². The SMILES string of the molecule is CNCCN(C)Cc1nn2c(c1[C@H]1CC[C@]3(CCCC(C)(C)O3)CC1)CC(F)(F)C2. The summed E-state index contributed by atoms with van der Waals surface area (Å²) in [6, 6.07) is 0. The lowest BCUT2D eigenvalue weighted by Crippen LogP contribution is -2.47. The fourth-order valence-corrected chi connectivity index (χ4v) is 5.94. The first-order valence-electron chi connectivity index (χ1n) is 11.6. The van der Waals surface area contributed by atoms with Crippen molar-refractivity contribution in [1.29, 1.82) is 0 Å². The summed E-state index contributed by atoms with van der Waals surface area (Å²) < 4.78 is 36.5. The molecule has 170 valence electrons. The van der Waals surface area contributed by atoms with E-state index in [1.165, 1.54) is 6.42 Å². The Bertz CT molecular complexity index is 753. The molecule has 0 amide bonds. The Hall–Kier alpha value is -1.05. The summed E-state index contributed by atoms with van der Waals surface area (Å²) in [5.41, 5.74) is 2.84. The number of nitrogens with zero attached hydrogens (tertiary/aromatic N) is 3. The van der Waals surface area contributed by atoms with Crippen molar-refractivity contribution < 1.29 is 13.5 Å². The number of hydrogen-bond acceptors (Lipinski definition) is 4. The van der Waals surface area contributed by atoms with E-state index in [9.17, 15) is 8.78 Å². The molecule has 1 saturated heterocycles. The molecule has 0 radical (unpaired) electrons. The predicted molar refractivity (Wildman–Crippen MR) is 114 cm³/mol. The van der Waals surface area contributed by atoms with Crippen LogP contribution in [-0.2, 0) is 24.2 Å². The van der Waals surface area contributed by atoms with Crippen molar-refractivity contribution in [3.8, 4) is 0 Å². The normalized spacial score (nSPS) is 30.2. The van der Waals surface area contributed by atoms with E-state index in [0.29, 0.717) is 12.5 Å². The Balaban J connectivity index is 1.53. The first-order chi connectivity index (χ1) is 14.1. The highest BCUT2D eigenvalue weighted by atomic mass is 19.3. The Morgan fingerprint density at radius 2 is 1.93 bits per heavy atom. The maximum atomic E-state index is 14.1. The molecule has 1 aliphatic carbocycles. The largest absolute Gasteiger partial charge is 0.369 e. The number of fused-ring (bicyclic) bond motifs is 1. The summed E-state index contributed by atoms with van der Waals surface area (Å²) in [5, 5.41) is 7.85. The molecular weight excluding hydrogens is 386 g/mol. The Kier molecular flexibility index (Phi) is 6.01. The highest BCUT2D eigenvalue weighted by Crippen LogP contribution is 2.49. The van der Waals surface area contributed by atoms with Gasteiger partial charge in [-0.3, -0.25) is 9.58 Å². The van der Waals surface area contributed by atoms with Gasteiger partial charge in [-0.15, -0.1) is 0 Å². The molecule has 0 unspecified atom stereocenters. The fraction of sp³-hybridized carbons (Fsp3) is 0.870. The lowest BCUT2D eigenvalue weighted by Gasteiger charge is -2.49. The smallest absolute Gasteiger partial charge is 0.272 e. The molecule has 3 aliphatic rings. The van der Waals surface area contributed by atoms with E-state index in [2.05, 4.69) is 36.2 Å². The molecule has 5 nitrogen and oxygen atoms in total. The number of ether oxygens (including phenoxy) is 1. The van der Waals surface area contributed by atoms with Gasteiger partial charge in [-0.1, -0.05) is 0 Å². The second-order valence-electron chi connectivity index (χ2n) is 10.5. The minimum absolute atomic E-state index is 0.0116. The third kappa shape index (κ3) is 4.58. The van der Waals surface area contributed by atoms with Crippen LogP contribution < -0.4 is 5.32 Å².